The zero-order chi connectivity index (χ0) is 23.6. The molecule has 9 heteroatoms. The number of aryl methyl sites for hydroxylation is 1. The standard InChI is InChI=1S/C23H26ClN3O5/c1-6-31-21(28)16-12(3)18(25-13(16)4)20-17(22(29)32-7-2)19(26-23(30)27(20)5)14-8-10-15(24)11-9-14/h8-11,19,25H,6-7H2,1-5H3,(H,26,30)/t19-/m1/s1. The van der Waals surface area contributed by atoms with Gasteiger partial charge in [0.15, 0.2) is 0 Å². The first-order valence-electron chi connectivity index (χ1n) is 10.3. The summed E-state index contributed by atoms with van der Waals surface area (Å²) >= 11 is 6.02. The maximum absolute atomic E-state index is 13.1. The first-order chi connectivity index (χ1) is 15.2. The second-order valence-corrected chi connectivity index (χ2v) is 7.76. The number of nitrogens with one attached hydrogen (secondary N) is 2. The van der Waals surface area contributed by atoms with Gasteiger partial charge in [0, 0.05) is 17.8 Å². The molecule has 0 fully saturated rings. The summed E-state index contributed by atoms with van der Waals surface area (Å²) in [5, 5.41) is 3.39. The van der Waals surface area contributed by atoms with E-state index in [1.807, 2.05) is 0 Å². The smallest absolute Gasteiger partial charge is 0.340 e. The predicted octanol–water partition coefficient (Wildman–Crippen LogP) is 4.13. The van der Waals surface area contributed by atoms with E-state index in [0.29, 0.717) is 38.8 Å². The zero-order valence-electron chi connectivity index (χ0n) is 18.7. The van der Waals surface area contributed by atoms with Crippen molar-refractivity contribution in [2.24, 2.45) is 0 Å². The van der Waals surface area contributed by atoms with E-state index in [0.717, 1.165) is 0 Å². The highest BCUT2D eigenvalue weighted by Gasteiger charge is 2.39. The van der Waals surface area contributed by atoms with Gasteiger partial charge in [-0.15, -0.1) is 0 Å². The zero-order valence-corrected chi connectivity index (χ0v) is 19.4. The Labute approximate surface area is 191 Å². The van der Waals surface area contributed by atoms with Crippen LogP contribution in [0.5, 0.6) is 0 Å². The first kappa shape index (κ1) is 23.4. The third-order valence-electron chi connectivity index (χ3n) is 5.30. The molecule has 0 bridgehead atoms. The Hall–Kier alpha value is -3.26. The number of aromatic amines is 1. The van der Waals surface area contributed by atoms with Crippen LogP contribution in [0.4, 0.5) is 4.79 Å². The minimum atomic E-state index is -0.765. The first-order valence-corrected chi connectivity index (χ1v) is 10.7. The average Bonchev–Trinajstić information content (AvgIpc) is 3.04. The summed E-state index contributed by atoms with van der Waals surface area (Å²) in [6, 6.07) is 5.69. The lowest BCUT2D eigenvalue weighted by molar-refractivity contribution is -0.138. The van der Waals surface area contributed by atoms with E-state index < -0.39 is 24.0 Å². The molecule has 0 aliphatic carbocycles. The number of ether oxygens (including phenoxy) is 2. The highest BCUT2D eigenvalue weighted by atomic mass is 35.5. The van der Waals surface area contributed by atoms with Gasteiger partial charge in [-0.3, -0.25) is 4.90 Å². The number of nitrogens with zero attached hydrogens (tertiary/aromatic N) is 1. The van der Waals surface area contributed by atoms with E-state index in [2.05, 4.69) is 10.3 Å². The summed E-state index contributed by atoms with van der Waals surface area (Å²) in [6.45, 7) is 7.33. The predicted molar refractivity (Wildman–Crippen MR) is 120 cm³/mol. The van der Waals surface area contributed by atoms with Gasteiger partial charge >= 0.3 is 18.0 Å². The Balaban J connectivity index is 2.28. The molecule has 3 rings (SSSR count). The Morgan fingerprint density at radius 1 is 1.06 bits per heavy atom. The molecule has 0 unspecified atom stereocenters. The van der Waals surface area contributed by atoms with Gasteiger partial charge in [0.1, 0.15) is 0 Å². The van der Waals surface area contributed by atoms with Crippen molar-refractivity contribution in [3.63, 3.8) is 0 Å². The fraction of sp³-hybridized carbons (Fsp3) is 0.348. The van der Waals surface area contributed by atoms with Gasteiger partial charge in [0.05, 0.1) is 41.8 Å². The van der Waals surface area contributed by atoms with Gasteiger partial charge in [-0.25, -0.2) is 14.4 Å². The minimum Gasteiger partial charge on any atom is -0.463 e. The quantitative estimate of drug-likeness (QED) is 0.632. The van der Waals surface area contributed by atoms with E-state index in [9.17, 15) is 14.4 Å². The monoisotopic (exact) mass is 459 g/mol. The van der Waals surface area contributed by atoms with Gasteiger partial charge in [-0.05, 0) is 51.0 Å². The number of esters is 2. The number of aromatic nitrogens is 1. The molecule has 2 N–H and O–H groups in total. The highest BCUT2D eigenvalue weighted by Crippen LogP contribution is 2.38. The van der Waals surface area contributed by atoms with E-state index >= 15 is 0 Å². The Morgan fingerprint density at radius 2 is 1.66 bits per heavy atom. The molecule has 1 aliphatic rings. The molecule has 1 aliphatic heterocycles. The van der Waals surface area contributed by atoms with Crippen LogP contribution >= 0.6 is 11.6 Å². The summed E-state index contributed by atoms with van der Waals surface area (Å²) in [7, 11) is 1.56. The number of benzene rings is 1. The van der Waals surface area contributed by atoms with E-state index in [1.165, 1.54) is 4.90 Å². The van der Waals surface area contributed by atoms with Crippen LogP contribution in [0.25, 0.3) is 5.70 Å². The number of carbonyl (C=O) groups is 3. The fourth-order valence-electron chi connectivity index (χ4n) is 3.84. The second-order valence-electron chi connectivity index (χ2n) is 7.32. The van der Waals surface area contributed by atoms with Crippen LogP contribution in [0.1, 0.15) is 52.8 Å². The minimum absolute atomic E-state index is 0.164. The lowest BCUT2D eigenvalue weighted by Gasteiger charge is -2.34. The van der Waals surface area contributed by atoms with Crippen molar-refractivity contribution >= 4 is 35.3 Å². The van der Waals surface area contributed by atoms with E-state index in [1.54, 1.807) is 59.0 Å². The summed E-state index contributed by atoms with van der Waals surface area (Å²) < 4.78 is 10.5. The Kier molecular flexibility index (Phi) is 6.93. The SMILES string of the molecule is CCOC(=O)C1=C(c2[nH]c(C)c(C(=O)OCC)c2C)N(C)C(=O)N[C@@H]1c1ccc(Cl)cc1. The average molecular weight is 460 g/mol. The number of H-pyrrole nitrogens is 1. The Morgan fingerprint density at radius 3 is 2.25 bits per heavy atom. The number of halogens is 1. The lowest BCUT2D eigenvalue weighted by atomic mass is 9.92. The van der Waals surface area contributed by atoms with Crippen molar-refractivity contribution in [1.29, 1.82) is 0 Å². The second kappa shape index (κ2) is 9.48. The number of hydrogen-bond acceptors (Lipinski definition) is 5. The topological polar surface area (TPSA) is 101 Å². The van der Waals surface area contributed by atoms with Crippen LogP contribution in [0.15, 0.2) is 29.8 Å². The van der Waals surface area contributed by atoms with Crippen molar-refractivity contribution in [2.75, 3.05) is 20.3 Å². The normalized spacial score (nSPS) is 16.1. The number of hydrogen-bond donors (Lipinski definition) is 2. The molecule has 2 heterocycles. The summed E-state index contributed by atoms with van der Waals surface area (Å²) in [4.78, 5) is 43.0. The molecule has 2 aromatic rings. The number of rotatable bonds is 6. The molecule has 170 valence electrons. The molecule has 1 atom stereocenters. The molecule has 1 aromatic heterocycles. The largest absolute Gasteiger partial charge is 0.463 e. The van der Waals surface area contributed by atoms with Crippen molar-refractivity contribution in [2.45, 2.75) is 33.7 Å². The molecule has 32 heavy (non-hydrogen) atoms. The molecule has 0 saturated heterocycles. The molecular formula is C23H26ClN3O5. The summed E-state index contributed by atoms with van der Waals surface area (Å²) in [6.07, 6.45) is 0. The number of carbonyl (C=O) groups excluding carboxylic acids is 3. The molecular weight excluding hydrogens is 434 g/mol. The van der Waals surface area contributed by atoms with Gasteiger partial charge in [0.2, 0.25) is 0 Å². The highest BCUT2D eigenvalue weighted by molar-refractivity contribution is 6.30. The van der Waals surface area contributed by atoms with Crippen LogP contribution in [-0.2, 0) is 14.3 Å². The van der Waals surface area contributed by atoms with Crippen molar-refractivity contribution in [3.05, 3.63) is 62.9 Å². The van der Waals surface area contributed by atoms with E-state index in [-0.39, 0.29) is 18.8 Å². The van der Waals surface area contributed by atoms with Crippen LogP contribution in [0.3, 0.4) is 0 Å². The Bertz CT molecular complexity index is 1090. The molecule has 0 radical (unpaired) electrons. The van der Waals surface area contributed by atoms with Crippen LogP contribution in [-0.4, -0.2) is 48.1 Å². The number of amides is 2. The molecule has 2 amide bonds. The molecule has 8 nitrogen and oxygen atoms in total. The molecule has 0 saturated carbocycles. The maximum Gasteiger partial charge on any atom is 0.340 e. The molecule has 1 aromatic carbocycles. The van der Waals surface area contributed by atoms with Crippen LogP contribution in [0, 0.1) is 13.8 Å². The summed E-state index contributed by atoms with van der Waals surface area (Å²) in [5.74, 6) is -1.04. The lowest BCUT2D eigenvalue weighted by Crippen LogP contribution is -2.46. The van der Waals surface area contributed by atoms with Gasteiger partial charge < -0.3 is 19.8 Å². The van der Waals surface area contributed by atoms with Gasteiger partial charge in [0.25, 0.3) is 0 Å². The van der Waals surface area contributed by atoms with E-state index in [4.69, 9.17) is 21.1 Å². The van der Waals surface area contributed by atoms with Crippen molar-refractivity contribution in [1.82, 2.24) is 15.2 Å². The third-order valence-corrected chi connectivity index (χ3v) is 5.56. The maximum atomic E-state index is 13.1. The van der Waals surface area contributed by atoms with Crippen molar-refractivity contribution < 1.29 is 23.9 Å². The van der Waals surface area contributed by atoms with Crippen molar-refractivity contribution in [3.8, 4) is 0 Å². The van der Waals surface area contributed by atoms with Crippen LogP contribution in [0.2, 0.25) is 5.02 Å². The summed E-state index contributed by atoms with van der Waals surface area (Å²) in [5.41, 5.74) is 3.26. The number of urea groups is 1. The van der Waals surface area contributed by atoms with Crippen LogP contribution < -0.4 is 5.32 Å². The molecule has 0 spiro atoms. The van der Waals surface area contributed by atoms with Gasteiger partial charge in [-0.1, -0.05) is 23.7 Å². The fourth-order valence-corrected chi connectivity index (χ4v) is 3.96. The van der Waals surface area contributed by atoms with Gasteiger partial charge in [-0.2, -0.15) is 0 Å². The third kappa shape index (κ3) is 4.23.